The number of hydrogen-bond acceptors (Lipinski definition) is 2. The van der Waals surface area contributed by atoms with Gasteiger partial charge in [0.05, 0.1) is 18.8 Å². The molecule has 1 aliphatic rings. The lowest BCUT2D eigenvalue weighted by Gasteiger charge is -2.47. The molecule has 102 valence electrons. The minimum absolute atomic E-state index is 0.226. The van der Waals surface area contributed by atoms with Gasteiger partial charge in [0.15, 0.2) is 0 Å². The highest BCUT2D eigenvalue weighted by atomic mass is 16.5. The van der Waals surface area contributed by atoms with Crippen LogP contribution < -0.4 is 0 Å². The van der Waals surface area contributed by atoms with Gasteiger partial charge in [-0.1, -0.05) is 41.0 Å². The third kappa shape index (κ3) is 3.69. The van der Waals surface area contributed by atoms with Crippen molar-refractivity contribution in [1.82, 2.24) is 0 Å². The average Bonchev–Trinajstić information content (AvgIpc) is 2.24. The lowest BCUT2D eigenvalue weighted by atomic mass is 9.64. The molecule has 1 saturated carbocycles. The number of ether oxygens (including phenoxy) is 1. The predicted molar refractivity (Wildman–Crippen MR) is 72.0 cm³/mol. The summed E-state index contributed by atoms with van der Waals surface area (Å²) in [5.41, 5.74) is 0.226. The Labute approximate surface area is 107 Å². The molecule has 0 aromatic heterocycles. The molecule has 0 amide bonds. The monoisotopic (exact) mass is 242 g/mol. The number of hydrogen-bond donors (Lipinski definition) is 1. The van der Waals surface area contributed by atoms with E-state index in [4.69, 9.17) is 4.74 Å². The second-order valence-corrected chi connectivity index (χ2v) is 6.47. The Morgan fingerprint density at radius 2 is 1.94 bits per heavy atom. The van der Waals surface area contributed by atoms with E-state index < -0.39 is 0 Å². The molecule has 2 heteroatoms. The minimum atomic E-state index is -0.291. The molecular weight excluding hydrogens is 212 g/mol. The van der Waals surface area contributed by atoms with Gasteiger partial charge in [0.25, 0.3) is 0 Å². The Bertz CT molecular complexity index is 225. The maximum absolute atomic E-state index is 9.78. The fourth-order valence-corrected chi connectivity index (χ4v) is 3.06. The molecule has 0 aromatic rings. The van der Waals surface area contributed by atoms with Crippen LogP contribution in [0.5, 0.6) is 0 Å². The van der Waals surface area contributed by atoms with Gasteiger partial charge in [-0.15, -0.1) is 0 Å². The van der Waals surface area contributed by atoms with Crippen LogP contribution in [-0.2, 0) is 4.74 Å². The van der Waals surface area contributed by atoms with Crippen molar-refractivity contribution in [3.05, 3.63) is 0 Å². The van der Waals surface area contributed by atoms with E-state index in [1.54, 1.807) is 0 Å². The molecule has 0 bridgehead atoms. The van der Waals surface area contributed by atoms with Crippen LogP contribution in [-0.4, -0.2) is 23.9 Å². The van der Waals surface area contributed by atoms with Gasteiger partial charge in [-0.05, 0) is 36.5 Å². The Morgan fingerprint density at radius 3 is 2.53 bits per heavy atom. The summed E-state index contributed by atoms with van der Waals surface area (Å²) in [6.07, 6.45) is 4.41. The summed E-state index contributed by atoms with van der Waals surface area (Å²) < 4.78 is 6.05. The maximum Gasteiger partial charge on any atom is 0.0773 e. The molecule has 1 fully saturated rings. The van der Waals surface area contributed by atoms with Crippen LogP contribution in [0.2, 0.25) is 0 Å². The first-order valence-electron chi connectivity index (χ1n) is 7.19. The first kappa shape index (κ1) is 15.0. The first-order valence-corrected chi connectivity index (χ1v) is 7.19. The van der Waals surface area contributed by atoms with Crippen molar-refractivity contribution in [1.29, 1.82) is 0 Å². The van der Waals surface area contributed by atoms with Crippen LogP contribution in [0.3, 0.4) is 0 Å². The van der Waals surface area contributed by atoms with Crippen molar-refractivity contribution >= 4 is 0 Å². The van der Waals surface area contributed by atoms with Crippen molar-refractivity contribution in [2.45, 2.75) is 72.5 Å². The third-order valence-corrected chi connectivity index (χ3v) is 4.67. The van der Waals surface area contributed by atoms with E-state index in [-0.39, 0.29) is 17.6 Å². The van der Waals surface area contributed by atoms with Gasteiger partial charge in [0, 0.05) is 0 Å². The zero-order valence-corrected chi connectivity index (χ0v) is 12.2. The molecule has 0 unspecified atom stereocenters. The fourth-order valence-electron chi connectivity index (χ4n) is 3.06. The number of aliphatic hydroxyl groups excluding tert-OH is 1. The summed E-state index contributed by atoms with van der Waals surface area (Å²) in [6.45, 7) is 11.8. The summed E-state index contributed by atoms with van der Waals surface area (Å²) in [7, 11) is 0. The molecule has 2 nitrogen and oxygen atoms in total. The van der Waals surface area contributed by atoms with E-state index in [2.05, 4.69) is 34.6 Å². The van der Waals surface area contributed by atoms with Crippen molar-refractivity contribution in [3.63, 3.8) is 0 Å². The SMILES string of the molecule is CCC[C@@H](O)CO[C@@H]1[C@@H](C)CC[C@H](C)C1(C)C. The molecule has 0 spiro atoms. The highest BCUT2D eigenvalue weighted by Crippen LogP contribution is 2.44. The maximum atomic E-state index is 9.78. The number of aliphatic hydroxyl groups is 1. The molecule has 0 radical (unpaired) electrons. The van der Waals surface area contributed by atoms with E-state index in [0.29, 0.717) is 18.4 Å². The summed E-state index contributed by atoms with van der Waals surface area (Å²) in [5, 5.41) is 9.78. The summed E-state index contributed by atoms with van der Waals surface area (Å²) in [4.78, 5) is 0. The smallest absolute Gasteiger partial charge is 0.0773 e. The van der Waals surface area contributed by atoms with Gasteiger partial charge < -0.3 is 9.84 Å². The highest BCUT2D eigenvalue weighted by Gasteiger charge is 2.42. The number of rotatable bonds is 5. The van der Waals surface area contributed by atoms with Crippen molar-refractivity contribution in [2.75, 3.05) is 6.61 Å². The van der Waals surface area contributed by atoms with Crippen LogP contribution in [0.1, 0.15) is 60.3 Å². The van der Waals surface area contributed by atoms with Gasteiger partial charge >= 0.3 is 0 Å². The standard InChI is InChI=1S/C15H30O2/c1-6-7-13(16)10-17-14-11(2)8-9-12(3)15(14,4)5/h11-14,16H,6-10H2,1-5H3/t11-,12-,13+,14+/m0/s1. The van der Waals surface area contributed by atoms with E-state index in [1.165, 1.54) is 12.8 Å². The lowest BCUT2D eigenvalue weighted by molar-refractivity contribution is -0.123. The van der Waals surface area contributed by atoms with Crippen LogP contribution >= 0.6 is 0 Å². The molecule has 1 N–H and O–H groups in total. The summed E-state index contributed by atoms with van der Waals surface area (Å²) in [6, 6.07) is 0. The van der Waals surface area contributed by atoms with Crippen molar-refractivity contribution in [3.8, 4) is 0 Å². The Morgan fingerprint density at radius 1 is 1.29 bits per heavy atom. The largest absolute Gasteiger partial charge is 0.391 e. The Balaban J connectivity index is 2.53. The lowest BCUT2D eigenvalue weighted by Crippen LogP contribution is -2.46. The zero-order chi connectivity index (χ0) is 13.1. The predicted octanol–water partition coefficient (Wildman–Crippen LogP) is 3.62. The van der Waals surface area contributed by atoms with E-state index in [9.17, 15) is 5.11 Å². The molecule has 0 saturated heterocycles. The minimum Gasteiger partial charge on any atom is -0.391 e. The highest BCUT2D eigenvalue weighted by molar-refractivity contribution is 4.91. The summed E-state index contributed by atoms with van der Waals surface area (Å²) in [5.74, 6) is 1.31. The molecule has 1 rings (SSSR count). The van der Waals surface area contributed by atoms with Crippen LogP contribution in [0.4, 0.5) is 0 Å². The molecule has 0 aromatic carbocycles. The molecule has 17 heavy (non-hydrogen) atoms. The van der Waals surface area contributed by atoms with Crippen LogP contribution in [0, 0.1) is 17.3 Å². The topological polar surface area (TPSA) is 29.5 Å². The molecule has 1 aliphatic carbocycles. The van der Waals surface area contributed by atoms with Gasteiger partial charge in [-0.2, -0.15) is 0 Å². The van der Waals surface area contributed by atoms with Gasteiger partial charge in [0.1, 0.15) is 0 Å². The quantitative estimate of drug-likeness (QED) is 0.798. The second-order valence-electron chi connectivity index (χ2n) is 6.47. The Hall–Kier alpha value is -0.0800. The van der Waals surface area contributed by atoms with E-state index in [1.807, 2.05) is 0 Å². The van der Waals surface area contributed by atoms with Crippen molar-refractivity contribution in [2.24, 2.45) is 17.3 Å². The molecular formula is C15H30O2. The van der Waals surface area contributed by atoms with Crippen LogP contribution in [0.25, 0.3) is 0 Å². The normalized spacial score (nSPS) is 34.6. The van der Waals surface area contributed by atoms with Gasteiger partial charge in [-0.25, -0.2) is 0 Å². The van der Waals surface area contributed by atoms with E-state index >= 15 is 0 Å². The average molecular weight is 242 g/mol. The second kappa shape index (κ2) is 6.19. The molecule has 4 atom stereocenters. The van der Waals surface area contributed by atoms with Crippen molar-refractivity contribution < 1.29 is 9.84 Å². The third-order valence-electron chi connectivity index (χ3n) is 4.67. The Kier molecular flexibility index (Phi) is 5.46. The van der Waals surface area contributed by atoms with Crippen LogP contribution in [0.15, 0.2) is 0 Å². The van der Waals surface area contributed by atoms with E-state index in [0.717, 1.165) is 12.8 Å². The zero-order valence-electron chi connectivity index (χ0n) is 12.2. The molecule has 0 heterocycles. The molecule has 0 aliphatic heterocycles. The summed E-state index contributed by atoms with van der Waals surface area (Å²) >= 11 is 0. The van der Waals surface area contributed by atoms with Gasteiger partial charge in [0.2, 0.25) is 0 Å². The first-order chi connectivity index (χ1) is 7.89. The van der Waals surface area contributed by atoms with Gasteiger partial charge in [-0.3, -0.25) is 0 Å². The fraction of sp³-hybridized carbons (Fsp3) is 1.00.